The normalized spacial score (nSPS) is 11.6. The number of fused-ring (bicyclic) bond motifs is 1. The molecule has 0 spiro atoms. The van der Waals surface area contributed by atoms with Crippen molar-refractivity contribution in [3.05, 3.63) is 52.6 Å². The average molecular weight is 374 g/mol. The molecule has 2 aromatic rings. The Morgan fingerprint density at radius 2 is 1.89 bits per heavy atom. The number of carbonyl (C=O) groups excluding carboxylic acids is 2. The number of para-hydroxylation sites is 2. The van der Waals surface area contributed by atoms with E-state index in [4.69, 9.17) is 18.9 Å². The predicted molar refractivity (Wildman–Crippen MR) is 90.7 cm³/mol. The zero-order chi connectivity index (χ0) is 19.2. The van der Waals surface area contributed by atoms with E-state index in [1.54, 1.807) is 18.2 Å². The minimum atomic E-state index is -0.839. The molecule has 1 aliphatic rings. The fourth-order valence-electron chi connectivity index (χ4n) is 2.23. The van der Waals surface area contributed by atoms with Crippen LogP contribution in [0.5, 0.6) is 17.2 Å². The fourth-order valence-corrected chi connectivity index (χ4v) is 2.23. The maximum Gasteiger partial charge on any atom is 0.344 e. The molecule has 0 unspecified atom stereocenters. The van der Waals surface area contributed by atoms with Crippen molar-refractivity contribution in [3.63, 3.8) is 0 Å². The second-order valence-corrected chi connectivity index (χ2v) is 5.29. The number of anilines is 1. The number of carbonyl (C=O) groups is 2. The maximum atomic E-state index is 11.8. The number of hydrogen-bond donors (Lipinski definition) is 1. The third-order valence-electron chi connectivity index (χ3n) is 3.43. The number of nitrogens with zero attached hydrogens (tertiary/aromatic N) is 1. The summed E-state index contributed by atoms with van der Waals surface area (Å²) in [5.41, 5.74) is 0.183. The first-order valence-corrected chi connectivity index (χ1v) is 7.74. The smallest absolute Gasteiger partial charge is 0.344 e. The molecule has 0 saturated carbocycles. The van der Waals surface area contributed by atoms with Gasteiger partial charge in [-0.1, -0.05) is 12.1 Å². The Bertz CT molecular complexity index is 883. The zero-order valence-corrected chi connectivity index (χ0v) is 13.9. The van der Waals surface area contributed by atoms with Crippen molar-refractivity contribution in [1.82, 2.24) is 0 Å². The highest BCUT2D eigenvalue weighted by atomic mass is 16.7. The summed E-state index contributed by atoms with van der Waals surface area (Å²) in [6, 6.07) is 10.5. The van der Waals surface area contributed by atoms with Crippen LogP contribution in [0, 0.1) is 10.1 Å². The molecule has 10 nitrogen and oxygen atoms in total. The number of nitro groups is 1. The number of nitro benzene ring substituents is 1. The van der Waals surface area contributed by atoms with Crippen molar-refractivity contribution in [2.45, 2.75) is 0 Å². The van der Waals surface area contributed by atoms with Gasteiger partial charge in [0.1, 0.15) is 0 Å². The lowest BCUT2D eigenvalue weighted by molar-refractivity contribution is -0.385. The number of amides is 1. The van der Waals surface area contributed by atoms with Crippen LogP contribution in [0.15, 0.2) is 42.5 Å². The number of esters is 1. The second-order valence-electron chi connectivity index (χ2n) is 5.29. The van der Waals surface area contributed by atoms with Crippen LogP contribution >= 0.6 is 0 Å². The first kappa shape index (κ1) is 18.0. The van der Waals surface area contributed by atoms with Gasteiger partial charge in [-0.2, -0.15) is 0 Å². The summed E-state index contributed by atoms with van der Waals surface area (Å²) in [6.45, 7) is -0.987. The highest BCUT2D eigenvalue weighted by Crippen LogP contribution is 2.34. The summed E-state index contributed by atoms with van der Waals surface area (Å²) in [4.78, 5) is 33.8. The Hall–Kier alpha value is -3.82. The fraction of sp³-hybridized carbons (Fsp3) is 0.176. The van der Waals surface area contributed by atoms with Crippen LogP contribution in [0.3, 0.4) is 0 Å². The molecule has 0 saturated heterocycles. The van der Waals surface area contributed by atoms with Crippen LogP contribution in [0.2, 0.25) is 0 Å². The van der Waals surface area contributed by atoms with Gasteiger partial charge < -0.3 is 24.3 Å². The van der Waals surface area contributed by atoms with E-state index < -0.39 is 30.0 Å². The van der Waals surface area contributed by atoms with Gasteiger partial charge in [-0.05, 0) is 18.2 Å². The molecule has 1 aliphatic heterocycles. The van der Waals surface area contributed by atoms with E-state index in [9.17, 15) is 19.7 Å². The second kappa shape index (κ2) is 8.04. The molecule has 0 aliphatic carbocycles. The molecule has 27 heavy (non-hydrogen) atoms. The van der Waals surface area contributed by atoms with Crippen LogP contribution in [0.25, 0.3) is 0 Å². The SMILES string of the molecule is O=C(COC(=O)COc1ccccc1[N+](=O)[O-])Nc1ccc2c(c1)OCO2. The Morgan fingerprint density at radius 3 is 2.70 bits per heavy atom. The third-order valence-corrected chi connectivity index (χ3v) is 3.43. The van der Waals surface area contributed by atoms with Gasteiger partial charge in [0.2, 0.25) is 6.79 Å². The lowest BCUT2D eigenvalue weighted by atomic mass is 10.3. The monoisotopic (exact) mass is 374 g/mol. The van der Waals surface area contributed by atoms with Crippen molar-refractivity contribution < 1.29 is 33.5 Å². The van der Waals surface area contributed by atoms with E-state index in [0.29, 0.717) is 17.2 Å². The molecule has 140 valence electrons. The van der Waals surface area contributed by atoms with Crippen molar-refractivity contribution in [2.75, 3.05) is 25.3 Å². The molecule has 1 N–H and O–H groups in total. The number of rotatable bonds is 7. The number of benzene rings is 2. The third kappa shape index (κ3) is 4.63. The summed E-state index contributed by atoms with van der Waals surface area (Å²) < 4.78 is 20.2. The van der Waals surface area contributed by atoms with E-state index in [0.717, 1.165) is 0 Å². The molecular formula is C17H14N2O8. The number of ether oxygens (including phenoxy) is 4. The minimum Gasteiger partial charge on any atom is -0.475 e. The van der Waals surface area contributed by atoms with E-state index in [1.165, 1.54) is 24.3 Å². The lowest BCUT2D eigenvalue weighted by Crippen LogP contribution is -2.23. The van der Waals surface area contributed by atoms with Crippen LogP contribution in [0.1, 0.15) is 0 Å². The summed E-state index contributed by atoms with van der Waals surface area (Å²) in [6.07, 6.45) is 0. The van der Waals surface area contributed by atoms with E-state index in [-0.39, 0.29) is 18.2 Å². The summed E-state index contributed by atoms with van der Waals surface area (Å²) >= 11 is 0. The Balaban J connectivity index is 1.45. The average Bonchev–Trinajstić information content (AvgIpc) is 3.12. The summed E-state index contributed by atoms with van der Waals surface area (Å²) in [5, 5.41) is 13.4. The molecule has 0 aromatic heterocycles. The van der Waals surface area contributed by atoms with Gasteiger partial charge in [0.15, 0.2) is 30.5 Å². The standard InChI is InChI=1S/C17H14N2O8/c20-16(18-11-5-6-14-15(7-11)27-10-26-14)8-25-17(21)9-24-13-4-2-1-3-12(13)19(22)23/h1-7H,8-10H2,(H,18,20). The molecule has 1 heterocycles. The first-order chi connectivity index (χ1) is 13.0. The Labute approximate surface area is 152 Å². The number of nitrogens with one attached hydrogen (secondary N) is 1. The van der Waals surface area contributed by atoms with Crippen LogP contribution in [0.4, 0.5) is 11.4 Å². The van der Waals surface area contributed by atoms with Gasteiger partial charge in [0, 0.05) is 17.8 Å². The van der Waals surface area contributed by atoms with Crippen molar-refractivity contribution >= 4 is 23.3 Å². The van der Waals surface area contributed by atoms with Crippen LogP contribution in [-0.2, 0) is 14.3 Å². The van der Waals surface area contributed by atoms with Crippen LogP contribution < -0.4 is 19.5 Å². The molecule has 0 bridgehead atoms. The quantitative estimate of drug-likeness (QED) is 0.442. The number of hydrogen-bond acceptors (Lipinski definition) is 8. The molecule has 2 aromatic carbocycles. The summed E-state index contributed by atoms with van der Waals surface area (Å²) in [5.74, 6) is -0.389. The van der Waals surface area contributed by atoms with Gasteiger partial charge in [-0.3, -0.25) is 14.9 Å². The predicted octanol–water partition coefficient (Wildman–Crippen LogP) is 1.88. The topological polar surface area (TPSA) is 126 Å². The van der Waals surface area contributed by atoms with Gasteiger partial charge in [-0.25, -0.2) is 4.79 Å². The van der Waals surface area contributed by atoms with Gasteiger partial charge in [0.05, 0.1) is 4.92 Å². The van der Waals surface area contributed by atoms with Crippen molar-refractivity contribution in [1.29, 1.82) is 0 Å². The van der Waals surface area contributed by atoms with E-state index in [1.807, 2.05) is 0 Å². The van der Waals surface area contributed by atoms with Gasteiger partial charge >= 0.3 is 11.7 Å². The zero-order valence-electron chi connectivity index (χ0n) is 13.9. The summed E-state index contributed by atoms with van der Waals surface area (Å²) in [7, 11) is 0. The first-order valence-electron chi connectivity index (χ1n) is 7.74. The van der Waals surface area contributed by atoms with E-state index >= 15 is 0 Å². The highest BCUT2D eigenvalue weighted by Gasteiger charge is 2.17. The largest absolute Gasteiger partial charge is 0.475 e. The maximum absolute atomic E-state index is 11.8. The molecule has 0 atom stereocenters. The van der Waals surface area contributed by atoms with Gasteiger partial charge in [0.25, 0.3) is 5.91 Å². The molecule has 0 fully saturated rings. The highest BCUT2D eigenvalue weighted by molar-refractivity contribution is 5.93. The van der Waals surface area contributed by atoms with Crippen molar-refractivity contribution in [2.24, 2.45) is 0 Å². The Morgan fingerprint density at radius 1 is 1.11 bits per heavy atom. The molecule has 10 heteroatoms. The minimum absolute atomic E-state index is 0.0655. The molecule has 3 rings (SSSR count). The lowest BCUT2D eigenvalue weighted by Gasteiger charge is -2.08. The Kier molecular flexibility index (Phi) is 5.36. The van der Waals surface area contributed by atoms with Crippen LogP contribution in [-0.4, -0.2) is 36.8 Å². The van der Waals surface area contributed by atoms with Gasteiger partial charge in [-0.15, -0.1) is 0 Å². The van der Waals surface area contributed by atoms with Crippen molar-refractivity contribution in [3.8, 4) is 17.2 Å². The molecule has 1 amide bonds. The molecular weight excluding hydrogens is 360 g/mol. The molecule has 0 radical (unpaired) electrons. The van der Waals surface area contributed by atoms with E-state index in [2.05, 4.69) is 5.32 Å².